The van der Waals surface area contributed by atoms with Gasteiger partial charge in [0.25, 0.3) is 5.69 Å². The fourth-order valence-electron chi connectivity index (χ4n) is 3.22. The lowest BCUT2D eigenvalue weighted by molar-refractivity contribution is -0.384. The average Bonchev–Trinajstić information content (AvgIpc) is 2.80. The highest BCUT2D eigenvalue weighted by atomic mass is 35.5. The lowest BCUT2D eigenvalue weighted by Crippen LogP contribution is -2.51. The number of hydrogen-bond acceptors (Lipinski definition) is 5. The third-order valence-corrected chi connectivity index (χ3v) is 6.68. The molecule has 2 unspecified atom stereocenters. The molecule has 0 saturated carbocycles. The van der Waals surface area contributed by atoms with Gasteiger partial charge in [-0.1, -0.05) is 55.8 Å². The second-order valence-electron chi connectivity index (χ2n) is 7.77. The Labute approximate surface area is 204 Å². The van der Waals surface area contributed by atoms with Gasteiger partial charge < -0.3 is 10.2 Å². The molecule has 0 fully saturated rings. The van der Waals surface area contributed by atoms with Gasteiger partial charge in [-0.3, -0.25) is 19.7 Å². The number of nitrogens with zero attached hydrogens (tertiary/aromatic N) is 2. The van der Waals surface area contributed by atoms with Gasteiger partial charge in [0, 0.05) is 35.5 Å². The van der Waals surface area contributed by atoms with Crippen molar-refractivity contribution >= 4 is 40.9 Å². The fraction of sp³-hybridized carbons (Fsp3) is 0.417. The Balaban J connectivity index is 2.13. The van der Waals surface area contributed by atoms with Gasteiger partial charge in [-0.2, -0.15) is 0 Å². The summed E-state index contributed by atoms with van der Waals surface area (Å²) in [5, 5.41) is 14.3. The van der Waals surface area contributed by atoms with E-state index in [1.807, 2.05) is 39.0 Å². The summed E-state index contributed by atoms with van der Waals surface area (Å²) >= 11 is 7.74. The van der Waals surface area contributed by atoms with Crippen molar-refractivity contribution in [3.63, 3.8) is 0 Å². The van der Waals surface area contributed by atoms with Gasteiger partial charge in [-0.15, -0.1) is 11.8 Å². The van der Waals surface area contributed by atoms with E-state index in [0.29, 0.717) is 17.2 Å². The molecular formula is C24H30ClN3O4S. The van der Waals surface area contributed by atoms with Crippen LogP contribution in [-0.4, -0.2) is 39.5 Å². The number of non-ortho nitro benzene ring substituents is 1. The smallest absolute Gasteiger partial charge is 0.269 e. The number of carbonyl (C=O) groups excluding carboxylic acids is 2. The number of nitrogens with one attached hydrogen (secondary N) is 1. The quantitative estimate of drug-likeness (QED) is 0.325. The summed E-state index contributed by atoms with van der Waals surface area (Å²) in [6, 6.07) is 13.0. The van der Waals surface area contributed by atoms with Crippen LogP contribution in [0.4, 0.5) is 5.69 Å². The number of halogens is 1. The molecule has 0 aliphatic rings. The minimum atomic E-state index is -0.609. The summed E-state index contributed by atoms with van der Waals surface area (Å²) in [6.07, 6.45) is 1.28. The van der Waals surface area contributed by atoms with Crippen LogP contribution in [0.3, 0.4) is 0 Å². The Morgan fingerprint density at radius 3 is 2.36 bits per heavy atom. The van der Waals surface area contributed by atoms with Gasteiger partial charge in [-0.25, -0.2) is 0 Å². The van der Waals surface area contributed by atoms with Crippen LogP contribution in [0.2, 0.25) is 5.02 Å². The number of thioether (sulfide) groups is 1. The van der Waals surface area contributed by atoms with Crippen LogP contribution in [0.5, 0.6) is 0 Å². The number of nitro benzene ring substituents is 1. The maximum Gasteiger partial charge on any atom is 0.269 e. The fourth-order valence-corrected chi connectivity index (χ4v) is 4.29. The number of nitro groups is 1. The molecule has 0 aliphatic carbocycles. The first-order valence-electron chi connectivity index (χ1n) is 10.9. The lowest BCUT2D eigenvalue weighted by Gasteiger charge is -2.31. The van der Waals surface area contributed by atoms with Crippen LogP contribution < -0.4 is 5.32 Å². The van der Waals surface area contributed by atoms with E-state index in [1.165, 1.54) is 23.9 Å². The SMILES string of the molecule is CCC(C)NC(=O)C(CC)N(Cc1ccccc1Cl)C(=O)CSCc1ccc([N+](=O)[O-])cc1. The molecule has 2 aromatic carbocycles. The molecule has 0 spiro atoms. The molecule has 0 saturated heterocycles. The van der Waals surface area contributed by atoms with Crippen molar-refractivity contribution in [1.29, 1.82) is 0 Å². The van der Waals surface area contributed by atoms with E-state index in [1.54, 1.807) is 23.1 Å². The maximum atomic E-state index is 13.2. The number of hydrogen-bond donors (Lipinski definition) is 1. The van der Waals surface area contributed by atoms with Crippen molar-refractivity contribution in [2.45, 2.75) is 58.0 Å². The van der Waals surface area contributed by atoms with Crippen molar-refractivity contribution in [2.24, 2.45) is 0 Å². The van der Waals surface area contributed by atoms with Crippen LogP contribution >= 0.6 is 23.4 Å². The van der Waals surface area contributed by atoms with Crippen molar-refractivity contribution in [1.82, 2.24) is 10.2 Å². The Morgan fingerprint density at radius 1 is 1.12 bits per heavy atom. The van der Waals surface area contributed by atoms with Crippen LogP contribution in [0.1, 0.15) is 44.7 Å². The molecule has 2 rings (SSSR count). The van der Waals surface area contributed by atoms with E-state index in [0.717, 1.165) is 17.5 Å². The van der Waals surface area contributed by atoms with Crippen LogP contribution in [0.25, 0.3) is 0 Å². The van der Waals surface area contributed by atoms with Gasteiger partial charge in [0.05, 0.1) is 10.7 Å². The molecule has 0 heterocycles. The summed E-state index contributed by atoms with van der Waals surface area (Å²) in [7, 11) is 0. The standard InChI is InChI=1S/C24H30ClN3O4S/c1-4-17(3)26-24(30)22(5-2)27(14-19-8-6-7-9-21(19)25)23(29)16-33-15-18-10-12-20(13-11-18)28(31)32/h6-13,17,22H,4-5,14-16H2,1-3H3,(H,26,30). The first kappa shape index (κ1) is 26.7. The van der Waals surface area contributed by atoms with Gasteiger partial charge in [0.1, 0.15) is 6.04 Å². The summed E-state index contributed by atoms with van der Waals surface area (Å²) in [5.41, 5.74) is 1.70. The number of carbonyl (C=O) groups is 2. The summed E-state index contributed by atoms with van der Waals surface area (Å²) < 4.78 is 0. The van der Waals surface area contributed by atoms with Crippen molar-refractivity contribution in [3.8, 4) is 0 Å². The third kappa shape index (κ3) is 8.05. The minimum Gasteiger partial charge on any atom is -0.352 e. The molecule has 33 heavy (non-hydrogen) atoms. The predicted molar refractivity (Wildman–Crippen MR) is 133 cm³/mol. The van der Waals surface area contributed by atoms with E-state index < -0.39 is 11.0 Å². The zero-order valence-electron chi connectivity index (χ0n) is 19.1. The molecule has 178 valence electrons. The Bertz CT molecular complexity index is 955. The van der Waals surface area contributed by atoms with Gasteiger partial charge >= 0.3 is 0 Å². The minimum absolute atomic E-state index is 0.0142. The highest BCUT2D eigenvalue weighted by Gasteiger charge is 2.29. The third-order valence-electron chi connectivity index (χ3n) is 5.33. The van der Waals surface area contributed by atoms with Crippen LogP contribution in [-0.2, 0) is 21.9 Å². The number of amides is 2. The summed E-state index contributed by atoms with van der Waals surface area (Å²) in [5.74, 6) is 0.370. The van der Waals surface area contributed by atoms with E-state index in [4.69, 9.17) is 11.6 Å². The molecule has 0 aliphatic heterocycles. The number of benzene rings is 2. The highest BCUT2D eigenvalue weighted by Crippen LogP contribution is 2.22. The predicted octanol–water partition coefficient (Wildman–Crippen LogP) is 5.20. The number of rotatable bonds is 12. The molecule has 0 aromatic heterocycles. The van der Waals surface area contributed by atoms with E-state index in [-0.39, 0.29) is 35.8 Å². The molecule has 2 amide bonds. The molecule has 1 N–H and O–H groups in total. The maximum absolute atomic E-state index is 13.2. The monoisotopic (exact) mass is 491 g/mol. The van der Waals surface area contributed by atoms with Crippen molar-refractivity contribution < 1.29 is 14.5 Å². The second-order valence-corrected chi connectivity index (χ2v) is 9.16. The van der Waals surface area contributed by atoms with Gasteiger partial charge in [0.2, 0.25) is 11.8 Å². The second kappa shape index (κ2) is 13.2. The average molecular weight is 492 g/mol. The zero-order chi connectivity index (χ0) is 24.4. The van der Waals surface area contributed by atoms with E-state index >= 15 is 0 Å². The topological polar surface area (TPSA) is 92.6 Å². The summed E-state index contributed by atoms with van der Waals surface area (Å²) in [4.78, 5) is 38.2. The lowest BCUT2D eigenvalue weighted by atomic mass is 10.1. The van der Waals surface area contributed by atoms with Gasteiger partial charge in [0.15, 0.2) is 0 Å². The Hall–Kier alpha value is -2.58. The van der Waals surface area contributed by atoms with E-state index in [9.17, 15) is 19.7 Å². The molecule has 2 aromatic rings. The Morgan fingerprint density at radius 2 is 1.79 bits per heavy atom. The molecule has 9 heteroatoms. The molecule has 0 radical (unpaired) electrons. The van der Waals surface area contributed by atoms with E-state index in [2.05, 4.69) is 5.32 Å². The van der Waals surface area contributed by atoms with Crippen LogP contribution in [0, 0.1) is 10.1 Å². The van der Waals surface area contributed by atoms with Gasteiger partial charge in [-0.05, 0) is 37.0 Å². The van der Waals surface area contributed by atoms with Crippen molar-refractivity contribution in [3.05, 3.63) is 74.8 Å². The molecular weight excluding hydrogens is 462 g/mol. The summed E-state index contributed by atoms with van der Waals surface area (Å²) in [6.45, 7) is 6.05. The zero-order valence-corrected chi connectivity index (χ0v) is 20.7. The highest BCUT2D eigenvalue weighted by molar-refractivity contribution is 7.99. The molecule has 0 bridgehead atoms. The molecule has 7 nitrogen and oxygen atoms in total. The van der Waals surface area contributed by atoms with Crippen LogP contribution in [0.15, 0.2) is 48.5 Å². The largest absolute Gasteiger partial charge is 0.352 e. The first-order chi connectivity index (χ1) is 15.8. The van der Waals surface area contributed by atoms with Crippen molar-refractivity contribution in [2.75, 3.05) is 5.75 Å². The first-order valence-corrected chi connectivity index (χ1v) is 12.4. The molecule has 2 atom stereocenters. The Kier molecular flexibility index (Phi) is 10.7. The normalized spacial score (nSPS) is 12.6.